The van der Waals surface area contributed by atoms with E-state index in [2.05, 4.69) is 28.4 Å². The Morgan fingerprint density at radius 2 is 2.00 bits per heavy atom. The van der Waals surface area contributed by atoms with Crippen LogP contribution >= 0.6 is 0 Å². The molecular formula is C15H21N3O2. The van der Waals surface area contributed by atoms with E-state index in [9.17, 15) is 4.79 Å². The number of amides is 1. The third kappa shape index (κ3) is 3.11. The number of ether oxygens (including phenoxy) is 1. The summed E-state index contributed by atoms with van der Waals surface area (Å²) in [4.78, 5) is 15.0. The van der Waals surface area contributed by atoms with Crippen LogP contribution in [0.5, 0.6) is 0 Å². The van der Waals surface area contributed by atoms with Gasteiger partial charge in [-0.2, -0.15) is 0 Å². The number of rotatable bonds is 5. The van der Waals surface area contributed by atoms with Crippen molar-refractivity contribution in [3.8, 4) is 0 Å². The minimum Gasteiger partial charge on any atom is -0.384 e. The number of benzene rings is 1. The van der Waals surface area contributed by atoms with Crippen molar-refractivity contribution < 1.29 is 9.53 Å². The quantitative estimate of drug-likeness (QED) is 0.811. The number of carbonyl (C=O) groups excluding carboxylic acids is 1. The molecular weight excluding hydrogens is 254 g/mol. The Morgan fingerprint density at radius 3 is 2.80 bits per heavy atom. The van der Waals surface area contributed by atoms with E-state index in [4.69, 9.17) is 4.74 Å². The summed E-state index contributed by atoms with van der Waals surface area (Å²) >= 11 is 0. The first-order valence-electron chi connectivity index (χ1n) is 7.20. The third-order valence-corrected chi connectivity index (χ3v) is 3.96. The molecule has 5 nitrogen and oxygen atoms in total. The zero-order valence-electron chi connectivity index (χ0n) is 11.7. The number of anilines is 1. The Balaban J connectivity index is 1.50. The summed E-state index contributed by atoms with van der Waals surface area (Å²) in [6.07, 6.45) is 0.922. The first-order chi connectivity index (χ1) is 9.85. The van der Waals surface area contributed by atoms with Crippen LogP contribution < -0.4 is 5.32 Å². The van der Waals surface area contributed by atoms with Crippen LogP contribution in [-0.2, 0) is 22.6 Å². The van der Waals surface area contributed by atoms with Crippen LogP contribution in [0.3, 0.4) is 0 Å². The van der Waals surface area contributed by atoms with Crippen LogP contribution in [0.25, 0.3) is 0 Å². The summed E-state index contributed by atoms with van der Waals surface area (Å²) in [5.74, 6) is 0. The molecule has 20 heavy (non-hydrogen) atoms. The second-order valence-corrected chi connectivity index (χ2v) is 5.37. The molecule has 2 aliphatic heterocycles. The monoisotopic (exact) mass is 275 g/mol. The molecule has 0 radical (unpaired) electrons. The van der Waals surface area contributed by atoms with Gasteiger partial charge in [-0.3, -0.25) is 9.69 Å². The van der Waals surface area contributed by atoms with Crippen molar-refractivity contribution in [1.29, 1.82) is 0 Å². The average Bonchev–Trinajstić information content (AvgIpc) is 2.91. The number of fused-ring (bicyclic) bond motifs is 1. The Hall–Kier alpha value is -1.59. The number of hydrogen-bond acceptors (Lipinski definition) is 4. The van der Waals surface area contributed by atoms with Gasteiger partial charge < -0.3 is 15.0 Å². The predicted molar refractivity (Wildman–Crippen MR) is 77.5 cm³/mol. The normalized spacial score (nSPS) is 18.9. The lowest BCUT2D eigenvalue weighted by Crippen LogP contribution is -2.39. The fourth-order valence-electron chi connectivity index (χ4n) is 2.79. The smallest absolute Gasteiger partial charge is 0.210 e. The highest BCUT2D eigenvalue weighted by molar-refractivity contribution is 5.55. The van der Waals surface area contributed by atoms with Gasteiger partial charge in [0, 0.05) is 45.0 Å². The summed E-state index contributed by atoms with van der Waals surface area (Å²) < 4.78 is 5.34. The standard InChI is InChI=1S/C15H21N3O2/c19-12-18-10-13-1-2-15(9-14(13)11-18)16-3-4-17-5-7-20-8-6-17/h1-2,9,12,16H,3-8,10-11H2. The zero-order valence-corrected chi connectivity index (χ0v) is 11.7. The number of carbonyl (C=O) groups is 1. The van der Waals surface area contributed by atoms with Crippen LogP contribution in [0.2, 0.25) is 0 Å². The van der Waals surface area contributed by atoms with Crippen molar-refractivity contribution >= 4 is 12.1 Å². The van der Waals surface area contributed by atoms with Crippen molar-refractivity contribution in [2.75, 3.05) is 44.7 Å². The lowest BCUT2D eigenvalue weighted by atomic mass is 10.1. The molecule has 0 unspecified atom stereocenters. The van der Waals surface area contributed by atoms with Crippen LogP contribution in [0.1, 0.15) is 11.1 Å². The van der Waals surface area contributed by atoms with E-state index in [0.717, 1.165) is 64.6 Å². The molecule has 0 bridgehead atoms. The summed E-state index contributed by atoms with van der Waals surface area (Å²) in [6, 6.07) is 6.39. The molecule has 0 spiro atoms. The molecule has 0 atom stereocenters. The molecule has 2 aliphatic rings. The van der Waals surface area contributed by atoms with Gasteiger partial charge in [0.15, 0.2) is 0 Å². The van der Waals surface area contributed by atoms with Gasteiger partial charge in [-0.25, -0.2) is 0 Å². The summed E-state index contributed by atoms with van der Waals surface area (Å²) in [7, 11) is 0. The lowest BCUT2D eigenvalue weighted by Gasteiger charge is -2.26. The van der Waals surface area contributed by atoms with E-state index in [1.165, 1.54) is 11.1 Å². The molecule has 1 aromatic carbocycles. The van der Waals surface area contributed by atoms with Gasteiger partial charge >= 0.3 is 0 Å². The third-order valence-electron chi connectivity index (χ3n) is 3.96. The fourth-order valence-corrected chi connectivity index (χ4v) is 2.79. The maximum absolute atomic E-state index is 10.8. The van der Waals surface area contributed by atoms with E-state index in [0.29, 0.717) is 0 Å². The number of hydrogen-bond donors (Lipinski definition) is 1. The second-order valence-electron chi connectivity index (χ2n) is 5.37. The van der Waals surface area contributed by atoms with Gasteiger partial charge in [0.2, 0.25) is 6.41 Å². The van der Waals surface area contributed by atoms with Crippen LogP contribution in [0.15, 0.2) is 18.2 Å². The minimum absolute atomic E-state index is 0.734. The molecule has 3 rings (SSSR count). The van der Waals surface area contributed by atoms with Gasteiger partial charge in [0.1, 0.15) is 0 Å². The zero-order chi connectivity index (χ0) is 13.8. The van der Waals surface area contributed by atoms with Gasteiger partial charge in [-0.15, -0.1) is 0 Å². The maximum Gasteiger partial charge on any atom is 0.210 e. The molecule has 1 aromatic rings. The molecule has 0 aromatic heterocycles. The highest BCUT2D eigenvalue weighted by atomic mass is 16.5. The van der Waals surface area contributed by atoms with Gasteiger partial charge in [0.25, 0.3) is 0 Å². The Labute approximate surface area is 119 Å². The Morgan fingerprint density at radius 1 is 1.20 bits per heavy atom. The van der Waals surface area contributed by atoms with Gasteiger partial charge in [0.05, 0.1) is 13.2 Å². The molecule has 0 aliphatic carbocycles. The highest BCUT2D eigenvalue weighted by Gasteiger charge is 2.17. The van der Waals surface area contributed by atoms with Crippen molar-refractivity contribution in [2.24, 2.45) is 0 Å². The van der Waals surface area contributed by atoms with E-state index >= 15 is 0 Å². The summed E-state index contributed by atoms with van der Waals surface area (Å²) in [5, 5.41) is 3.47. The topological polar surface area (TPSA) is 44.8 Å². The molecule has 1 fully saturated rings. The Bertz CT molecular complexity index is 472. The van der Waals surface area contributed by atoms with E-state index in [1.807, 2.05) is 0 Å². The first kappa shape index (κ1) is 13.4. The molecule has 108 valence electrons. The first-order valence-corrected chi connectivity index (χ1v) is 7.20. The Kier molecular flexibility index (Phi) is 4.18. The maximum atomic E-state index is 10.8. The lowest BCUT2D eigenvalue weighted by molar-refractivity contribution is -0.118. The van der Waals surface area contributed by atoms with Crippen LogP contribution in [-0.4, -0.2) is 55.6 Å². The average molecular weight is 275 g/mol. The summed E-state index contributed by atoms with van der Waals surface area (Å²) in [6.45, 7) is 7.21. The molecule has 0 saturated carbocycles. The molecule has 5 heteroatoms. The molecule has 1 N–H and O–H groups in total. The SMILES string of the molecule is O=CN1Cc2ccc(NCCN3CCOCC3)cc2C1. The van der Waals surface area contributed by atoms with Crippen molar-refractivity contribution in [3.63, 3.8) is 0 Å². The predicted octanol–water partition coefficient (Wildman–Crippen LogP) is 0.903. The van der Waals surface area contributed by atoms with E-state index in [-0.39, 0.29) is 0 Å². The number of morpholine rings is 1. The largest absolute Gasteiger partial charge is 0.384 e. The van der Waals surface area contributed by atoms with E-state index < -0.39 is 0 Å². The van der Waals surface area contributed by atoms with Crippen LogP contribution in [0.4, 0.5) is 5.69 Å². The van der Waals surface area contributed by atoms with Crippen molar-refractivity contribution in [1.82, 2.24) is 9.80 Å². The molecule has 1 amide bonds. The van der Waals surface area contributed by atoms with Gasteiger partial charge in [-0.1, -0.05) is 6.07 Å². The molecule has 2 heterocycles. The second kappa shape index (κ2) is 6.24. The minimum atomic E-state index is 0.734. The van der Waals surface area contributed by atoms with Crippen molar-refractivity contribution in [3.05, 3.63) is 29.3 Å². The van der Waals surface area contributed by atoms with Gasteiger partial charge in [-0.05, 0) is 23.3 Å². The van der Waals surface area contributed by atoms with Crippen LogP contribution in [0, 0.1) is 0 Å². The van der Waals surface area contributed by atoms with Crippen molar-refractivity contribution in [2.45, 2.75) is 13.1 Å². The highest BCUT2D eigenvalue weighted by Crippen LogP contribution is 2.24. The van der Waals surface area contributed by atoms with E-state index in [1.54, 1.807) is 4.90 Å². The molecule has 1 saturated heterocycles. The number of nitrogens with one attached hydrogen (secondary N) is 1. The summed E-state index contributed by atoms with van der Waals surface area (Å²) in [5.41, 5.74) is 3.66. The fraction of sp³-hybridized carbons (Fsp3) is 0.533. The number of nitrogens with zero attached hydrogens (tertiary/aromatic N) is 2.